The number of benzene rings is 1. The summed E-state index contributed by atoms with van der Waals surface area (Å²) in [6.07, 6.45) is 0. The summed E-state index contributed by atoms with van der Waals surface area (Å²) in [4.78, 5) is 0. The zero-order chi connectivity index (χ0) is 9.84. The van der Waals surface area contributed by atoms with Gasteiger partial charge in [0, 0.05) is 0 Å². The van der Waals surface area contributed by atoms with E-state index >= 15 is 0 Å². The minimum absolute atomic E-state index is 0.248. The van der Waals surface area contributed by atoms with E-state index in [2.05, 4.69) is 4.36 Å². The van der Waals surface area contributed by atoms with Crippen LogP contribution in [0.2, 0.25) is 0 Å². The number of nitrogens with zero attached hydrogens (tertiary/aromatic N) is 1. The number of hydrogen-bond acceptors (Lipinski definition) is 5. The highest BCUT2D eigenvalue weighted by molar-refractivity contribution is 7.61. The van der Waals surface area contributed by atoms with Crippen LogP contribution in [-0.4, -0.2) is 25.6 Å². The quantitative estimate of drug-likeness (QED) is 0.601. The molecular formula is C6H6BNO4S. The smallest absolute Gasteiger partial charge is 0.423 e. The average molecular weight is 199 g/mol. The molecule has 13 heavy (non-hydrogen) atoms. The first-order valence-corrected chi connectivity index (χ1v) is 4.40. The molecule has 0 saturated heterocycles. The van der Waals surface area contributed by atoms with Crippen LogP contribution in [0.15, 0.2) is 28.6 Å². The molecule has 0 fully saturated rings. The Morgan fingerprint density at radius 1 is 1.15 bits per heavy atom. The molecular weight excluding hydrogens is 193 g/mol. The molecule has 0 aliphatic heterocycles. The van der Waals surface area contributed by atoms with Gasteiger partial charge in [-0.05, 0) is 17.6 Å². The lowest BCUT2D eigenvalue weighted by Crippen LogP contribution is -2.29. The normalized spacial score (nSPS) is 9.38. The van der Waals surface area contributed by atoms with Crippen LogP contribution >= 0.6 is 0 Å². The molecule has 1 aromatic carbocycles. The van der Waals surface area contributed by atoms with Crippen molar-refractivity contribution in [1.29, 1.82) is 0 Å². The van der Waals surface area contributed by atoms with Crippen molar-refractivity contribution in [2.75, 3.05) is 0 Å². The molecule has 68 valence electrons. The van der Waals surface area contributed by atoms with Crippen LogP contribution in [0.25, 0.3) is 0 Å². The zero-order valence-corrected chi connectivity index (χ0v) is 7.27. The van der Waals surface area contributed by atoms with Gasteiger partial charge >= 0.3 is 17.6 Å². The summed E-state index contributed by atoms with van der Waals surface area (Å²) < 4.78 is 23.5. The van der Waals surface area contributed by atoms with Crippen molar-refractivity contribution in [3.05, 3.63) is 24.3 Å². The molecule has 0 spiro atoms. The van der Waals surface area contributed by atoms with E-state index < -0.39 is 17.6 Å². The Hall–Kier alpha value is -1.18. The fraction of sp³-hybridized carbons (Fsp3) is 0. The lowest BCUT2D eigenvalue weighted by Gasteiger charge is -1.97. The van der Waals surface area contributed by atoms with Crippen LogP contribution in [0.1, 0.15) is 0 Å². The summed E-state index contributed by atoms with van der Waals surface area (Å²) in [5.74, 6) is 0. The molecule has 1 rings (SSSR count). The second-order valence-electron chi connectivity index (χ2n) is 2.27. The Labute approximate surface area is 76.5 Å². The molecule has 0 radical (unpaired) electrons. The van der Waals surface area contributed by atoms with Crippen LogP contribution in [0.5, 0.6) is 0 Å². The van der Waals surface area contributed by atoms with E-state index in [-0.39, 0.29) is 11.2 Å². The highest BCUT2D eigenvalue weighted by Crippen LogP contribution is 2.07. The van der Waals surface area contributed by atoms with Gasteiger partial charge in [-0.25, -0.2) is 0 Å². The SMILES string of the molecule is O=S(=O)=Nc1ccc(B(O)O)cc1. The predicted molar refractivity (Wildman–Crippen MR) is 47.3 cm³/mol. The Balaban J connectivity index is 3.01. The van der Waals surface area contributed by atoms with Crippen molar-refractivity contribution in [1.82, 2.24) is 0 Å². The molecule has 0 aromatic heterocycles. The predicted octanol–water partition coefficient (Wildman–Crippen LogP) is -0.939. The molecule has 0 aliphatic rings. The minimum atomic E-state index is -2.48. The molecule has 1 aromatic rings. The summed E-state index contributed by atoms with van der Waals surface area (Å²) >= 11 is 0. The van der Waals surface area contributed by atoms with Gasteiger partial charge in [0.05, 0.1) is 5.69 Å². The zero-order valence-electron chi connectivity index (χ0n) is 6.45. The van der Waals surface area contributed by atoms with Crippen LogP contribution in [0.3, 0.4) is 0 Å². The molecule has 0 heterocycles. The molecule has 0 unspecified atom stereocenters. The third-order valence-electron chi connectivity index (χ3n) is 1.37. The molecule has 0 bridgehead atoms. The summed E-state index contributed by atoms with van der Waals surface area (Å²) in [5, 5.41) is 17.4. The first-order chi connectivity index (χ1) is 6.09. The van der Waals surface area contributed by atoms with E-state index in [9.17, 15) is 8.42 Å². The van der Waals surface area contributed by atoms with Gasteiger partial charge in [-0.15, -0.1) is 4.36 Å². The van der Waals surface area contributed by atoms with Gasteiger partial charge in [-0.3, -0.25) is 0 Å². The fourth-order valence-electron chi connectivity index (χ4n) is 0.793. The van der Waals surface area contributed by atoms with E-state index in [0.29, 0.717) is 0 Å². The lowest BCUT2D eigenvalue weighted by molar-refractivity contribution is 0.426. The maximum Gasteiger partial charge on any atom is 0.488 e. The molecule has 0 amide bonds. The number of rotatable bonds is 2. The van der Waals surface area contributed by atoms with Crippen LogP contribution in [0.4, 0.5) is 5.69 Å². The Bertz CT molecular complexity index is 403. The van der Waals surface area contributed by atoms with Gasteiger partial charge in [-0.1, -0.05) is 12.1 Å². The van der Waals surface area contributed by atoms with E-state index in [1.165, 1.54) is 24.3 Å². The second-order valence-corrected chi connectivity index (χ2v) is 2.89. The van der Waals surface area contributed by atoms with Gasteiger partial charge in [0.1, 0.15) is 0 Å². The summed E-state index contributed by atoms with van der Waals surface area (Å²) in [5.41, 5.74) is 0.536. The third kappa shape index (κ3) is 2.98. The van der Waals surface area contributed by atoms with Crippen LogP contribution < -0.4 is 5.46 Å². The fourth-order valence-corrected chi connectivity index (χ4v) is 1.09. The molecule has 5 nitrogen and oxygen atoms in total. The van der Waals surface area contributed by atoms with Crippen LogP contribution in [0, 0.1) is 0 Å². The first kappa shape index (κ1) is 9.91. The second kappa shape index (κ2) is 4.17. The van der Waals surface area contributed by atoms with Gasteiger partial charge in [0.2, 0.25) is 0 Å². The first-order valence-electron chi connectivity index (χ1n) is 3.37. The van der Waals surface area contributed by atoms with E-state index in [4.69, 9.17) is 10.0 Å². The van der Waals surface area contributed by atoms with Crippen LogP contribution in [-0.2, 0) is 10.5 Å². The molecule has 0 atom stereocenters. The van der Waals surface area contributed by atoms with Gasteiger partial charge in [0.25, 0.3) is 0 Å². The van der Waals surface area contributed by atoms with Crippen molar-refractivity contribution in [3.63, 3.8) is 0 Å². The van der Waals surface area contributed by atoms with Gasteiger partial charge in [0.15, 0.2) is 0 Å². The maximum absolute atomic E-state index is 10.1. The summed E-state index contributed by atoms with van der Waals surface area (Å²) in [6, 6.07) is 5.53. The van der Waals surface area contributed by atoms with E-state index in [0.717, 1.165) is 0 Å². The number of hydrogen-bond donors (Lipinski definition) is 2. The van der Waals surface area contributed by atoms with Crippen molar-refractivity contribution in [3.8, 4) is 0 Å². The standard InChI is InChI=1S/C6H6BNO4S/c9-7(10)5-1-3-6(4-2-5)8-13(11)12/h1-4,9-10H. The summed E-state index contributed by atoms with van der Waals surface area (Å²) in [7, 11) is -4.03. The average Bonchev–Trinajstić information content (AvgIpc) is 2.04. The molecule has 2 N–H and O–H groups in total. The Morgan fingerprint density at radius 3 is 2.08 bits per heavy atom. The van der Waals surface area contributed by atoms with Crippen molar-refractivity contribution < 1.29 is 18.5 Å². The highest BCUT2D eigenvalue weighted by Gasteiger charge is 2.09. The molecule has 0 aliphatic carbocycles. The Kier molecular flexibility index (Phi) is 3.18. The Morgan fingerprint density at radius 2 is 1.69 bits per heavy atom. The monoisotopic (exact) mass is 199 g/mol. The largest absolute Gasteiger partial charge is 0.488 e. The van der Waals surface area contributed by atoms with E-state index in [1.54, 1.807) is 0 Å². The third-order valence-corrected chi connectivity index (χ3v) is 1.73. The maximum atomic E-state index is 10.1. The van der Waals surface area contributed by atoms with Crippen molar-refractivity contribution in [2.24, 2.45) is 4.36 Å². The minimum Gasteiger partial charge on any atom is -0.423 e. The summed E-state index contributed by atoms with van der Waals surface area (Å²) in [6.45, 7) is 0. The van der Waals surface area contributed by atoms with Gasteiger partial charge in [-0.2, -0.15) is 8.42 Å². The lowest BCUT2D eigenvalue weighted by atomic mass is 9.80. The van der Waals surface area contributed by atoms with Gasteiger partial charge < -0.3 is 10.0 Å². The van der Waals surface area contributed by atoms with Crippen molar-refractivity contribution >= 4 is 28.8 Å². The van der Waals surface area contributed by atoms with E-state index in [1.807, 2.05) is 0 Å². The topological polar surface area (TPSA) is 87.0 Å². The van der Waals surface area contributed by atoms with Crippen molar-refractivity contribution in [2.45, 2.75) is 0 Å². The molecule has 7 heteroatoms. The highest BCUT2D eigenvalue weighted by atomic mass is 32.2. The molecule has 0 saturated carbocycles.